The number of aromatic nitrogens is 2. The van der Waals surface area contributed by atoms with Gasteiger partial charge in [0.15, 0.2) is 5.01 Å². The van der Waals surface area contributed by atoms with E-state index in [1.807, 2.05) is 0 Å². The van der Waals surface area contributed by atoms with E-state index >= 15 is 0 Å². The molecule has 4 atom stereocenters. The number of hydrogen-bond acceptors (Lipinski definition) is 7. The topological polar surface area (TPSA) is 107 Å². The van der Waals surface area contributed by atoms with E-state index in [0.29, 0.717) is 24.0 Å². The first-order chi connectivity index (χ1) is 17.7. The SMILES string of the molecule is Cc1cc(N[C@@H](C)C(F)(F)F)ncc1-c1sc(C(=O)N[C@H]2CCC[C@@H]2O)nc1C(=O)N1CC(F)(F)C[C@@H]1C. The number of nitrogens with zero attached hydrogens (tertiary/aromatic N) is 3. The molecule has 0 spiro atoms. The number of nitrogens with one attached hydrogen (secondary N) is 2. The zero-order chi connectivity index (χ0) is 28.0. The molecule has 0 unspecified atom stereocenters. The summed E-state index contributed by atoms with van der Waals surface area (Å²) in [4.78, 5) is 35.8. The molecular formula is C24H28F5N5O3S. The number of rotatable bonds is 6. The van der Waals surface area contributed by atoms with Crippen molar-refractivity contribution in [1.29, 1.82) is 0 Å². The Balaban J connectivity index is 1.69. The normalized spacial score (nSPS) is 23.9. The van der Waals surface area contributed by atoms with E-state index in [1.54, 1.807) is 6.92 Å². The molecule has 3 heterocycles. The van der Waals surface area contributed by atoms with Crippen molar-refractivity contribution < 1.29 is 36.6 Å². The minimum atomic E-state index is -4.49. The average Bonchev–Trinajstić information content (AvgIpc) is 3.49. The Hall–Kier alpha value is -2.87. The summed E-state index contributed by atoms with van der Waals surface area (Å²) in [6, 6.07) is -1.74. The van der Waals surface area contributed by atoms with Crippen LogP contribution in [0.2, 0.25) is 0 Å². The second-order valence-electron chi connectivity index (χ2n) is 9.91. The number of aryl methyl sites for hydroxylation is 1. The summed E-state index contributed by atoms with van der Waals surface area (Å²) >= 11 is 0.852. The lowest BCUT2D eigenvalue weighted by atomic mass is 10.1. The van der Waals surface area contributed by atoms with Crippen LogP contribution in [0.4, 0.5) is 27.8 Å². The smallest absolute Gasteiger partial charge is 0.391 e. The predicted molar refractivity (Wildman–Crippen MR) is 130 cm³/mol. The summed E-state index contributed by atoms with van der Waals surface area (Å²) in [5, 5.41) is 14.9. The third kappa shape index (κ3) is 5.90. The summed E-state index contributed by atoms with van der Waals surface area (Å²) in [5.41, 5.74) is 0.549. The first-order valence-electron chi connectivity index (χ1n) is 12.1. The molecule has 2 aromatic rings. The fourth-order valence-electron chi connectivity index (χ4n) is 4.68. The Bertz CT molecular complexity index is 1220. The van der Waals surface area contributed by atoms with Gasteiger partial charge in [-0.05, 0) is 51.7 Å². The van der Waals surface area contributed by atoms with Gasteiger partial charge in [0.1, 0.15) is 17.6 Å². The van der Waals surface area contributed by atoms with E-state index in [0.717, 1.165) is 29.6 Å². The summed E-state index contributed by atoms with van der Waals surface area (Å²) in [6.45, 7) is 3.24. The molecule has 4 rings (SSSR count). The number of hydrogen-bond donors (Lipinski definition) is 3. The highest BCUT2D eigenvalue weighted by molar-refractivity contribution is 7.17. The lowest BCUT2D eigenvalue weighted by Crippen LogP contribution is -2.40. The van der Waals surface area contributed by atoms with Gasteiger partial charge in [0.05, 0.1) is 23.6 Å². The van der Waals surface area contributed by atoms with Crippen LogP contribution < -0.4 is 10.6 Å². The van der Waals surface area contributed by atoms with Crippen molar-refractivity contribution in [3.05, 3.63) is 28.5 Å². The van der Waals surface area contributed by atoms with Crippen LogP contribution in [-0.2, 0) is 0 Å². The number of carbonyl (C=O) groups is 2. The molecular weight excluding hydrogens is 533 g/mol. The molecule has 8 nitrogen and oxygen atoms in total. The quantitative estimate of drug-likeness (QED) is 0.452. The lowest BCUT2D eigenvalue weighted by Gasteiger charge is -2.21. The third-order valence-corrected chi connectivity index (χ3v) is 7.91. The maximum absolute atomic E-state index is 14.0. The lowest BCUT2D eigenvalue weighted by molar-refractivity contribution is -0.138. The molecule has 38 heavy (non-hydrogen) atoms. The molecule has 2 aliphatic rings. The fraction of sp³-hybridized carbons (Fsp3) is 0.583. The van der Waals surface area contributed by atoms with Crippen LogP contribution in [-0.4, -0.2) is 74.7 Å². The molecule has 2 aromatic heterocycles. The Morgan fingerprint density at radius 1 is 1.29 bits per heavy atom. The van der Waals surface area contributed by atoms with Gasteiger partial charge in [0.25, 0.3) is 17.7 Å². The Labute approximate surface area is 219 Å². The molecule has 208 valence electrons. The van der Waals surface area contributed by atoms with Gasteiger partial charge in [0.2, 0.25) is 0 Å². The minimum absolute atomic E-state index is 0.0468. The van der Waals surface area contributed by atoms with E-state index in [1.165, 1.54) is 19.2 Å². The van der Waals surface area contributed by atoms with Gasteiger partial charge in [-0.25, -0.2) is 18.7 Å². The first kappa shape index (κ1) is 28.1. The average molecular weight is 562 g/mol. The molecule has 14 heteroatoms. The van der Waals surface area contributed by atoms with Crippen LogP contribution in [0.25, 0.3) is 10.4 Å². The Kier molecular flexibility index (Phi) is 7.67. The molecule has 1 aliphatic carbocycles. The van der Waals surface area contributed by atoms with Crippen LogP contribution in [0, 0.1) is 6.92 Å². The molecule has 2 amide bonds. The van der Waals surface area contributed by atoms with E-state index in [9.17, 15) is 36.6 Å². The Morgan fingerprint density at radius 2 is 2.00 bits per heavy atom. The van der Waals surface area contributed by atoms with Crippen molar-refractivity contribution in [2.45, 2.75) is 82.8 Å². The zero-order valence-corrected chi connectivity index (χ0v) is 21.7. The largest absolute Gasteiger partial charge is 0.408 e. The van der Waals surface area contributed by atoms with Crippen LogP contribution >= 0.6 is 11.3 Å². The maximum atomic E-state index is 14.0. The third-order valence-electron chi connectivity index (χ3n) is 6.82. The van der Waals surface area contributed by atoms with Gasteiger partial charge in [-0.2, -0.15) is 13.2 Å². The van der Waals surface area contributed by atoms with Crippen molar-refractivity contribution in [3.8, 4) is 10.4 Å². The summed E-state index contributed by atoms with van der Waals surface area (Å²) in [6.07, 6.45) is -2.60. The van der Waals surface area contributed by atoms with Crippen LogP contribution in [0.1, 0.15) is 65.4 Å². The molecule has 0 radical (unpaired) electrons. The number of aliphatic hydroxyl groups is 1. The number of pyridine rings is 1. The predicted octanol–water partition coefficient (Wildman–Crippen LogP) is 4.39. The molecule has 1 saturated heterocycles. The van der Waals surface area contributed by atoms with Crippen LogP contribution in [0.3, 0.4) is 0 Å². The Morgan fingerprint density at radius 3 is 2.55 bits per heavy atom. The van der Waals surface area contributed by atoms with E-state index in [4.69, 9.17) is 0 Å². The van der Waals surface area contributed by atoms with Gasteiger partial charge in [-0.3, -0.25) is 9.59 Å². The molecule has 3 N–H and O–H groups in total. The molecule has 2 fully saturated rings. The summed E-state index contributed by atoms with van der Waals surface area (Å²) in [7, 11) is 0. The van der Waals surface area contributed by atoms with Crippen molar-refractivity contribution in [2.75, 3.05) is 11.9 Å². The van der Waals surface area contributed by atoms with E-state index < -0.39 is 61.1 Å². The number of anilines is 1. The highest BCUT2D eigenvalue weighted by Gasteiger charge is 2.46. The number of halogens is 5. The van der Waals surface area contributed by atoms with Crippen molar-refractivity contribution in [3.63, 3.8) is 0 Å². The second-order valence-corrected chi connectivity index (χ2v) is 10.9. The van der Waals surface area contributed by atoms with Gasteiger partial charge in [-0.1, -0.05) is 0 Å². The molecule has 1 aliphatic heterocycles. The van der Waals surface area contributed by atoms with Crippen molar-refractivity contribution in [2.24, 2.45) is 0 Å². The first-order valence-corrected chi connectivity index (χ1v) is 13.0. The standard InChI is InChI=1S/C24H28F5N5O3S/c1-11-7-17(31-13(3)24(27,28)29)30-9-14(11)19-18(22(37)34-10-23(25,26)8-12(34)2)33-21(38-19)20(36)32-15-5-4-6-16(15)35/h7,9,12-13,15-16,35H,4-6,8,10H2,1-3H3,(H,30,31)(H,32,36)/t12-,13-,15-,16-/m0/s1. The van der Waals surface area contributed by atoms with Gasteiger partial charge in [0, 0.05) is 24.2 Å². The molecule has 0 aromatic carbocycles. The highest BCUT2D eigenvalue weighted by atomic mass is 32.1. The molecule has 1 saturated carbocycles. The van der Waals surface area contributed by atoms with E-state index in [-0.39, 0.29) is 21.4 Å². The second kappa shape index (κ2) is 10.4. The monoisotopic (exact) mass is 561 g/mol. The van der Waals surface area contributed by atoms with Crippen LogP contribution in [0.5, 0.6) is 0 Å². The zero-order valence-electron chi connectivity index (χ0n) is 20.9. The fourth-order valence-corrected chi connectivity index (χ4v) is 5.72. The van der Waals surface area contributed by atoms with Crippen molar-refractivity contribution in [1.82, 2.24) is 20.2 Å². The van der Waals surface area contributed by atoms with Gasteiger partial charge < -0.3 is 20.6 Å². The van der Waals surface area contributed by atoms with Crippen molar-refractivity contribution >= 4 is 29.0 Å². The summed E-state index contributed by atoms with van der Waals surface area (Å²) < 4.78 is 67.0. The highest BCUT2D eigenvalue weighted by Crippen LogP contribution is 2.38. The van der Waals surface area contributed by atoms with Gasteiger partial charge in [-0.15, -0.1) is 11.3 Å². The number of thiazole rings is 1. The summed E-state index contributed by atoms with van der Waals surface area (Å²) in [5.74, 6) is -4.52. The number of likely N-dealkylation sites (tertiary alicyclic amines) is 1. The van der Waals surface area contributed by atoms with Crippen LogP contribution in [0.15, 0.2) is 12.3 Å². The number of alkyl halides is 5. The maximum Gasteiger partial charge on any atom is 0.408 e. The van der Waals surface area contributed by atoms with Gasteiger partial charge >= 0.3 is 6.18 Å². The number of aliphatic hydroxyl groups excluding tert-OH is 1. The number of carbonyl (C=O) groups excluding carboxylic acids is 2. The number of amides is 2. The molecule has 0 bridgehead atoms. The van der Waals surface area contributed by atoms with E-state index in [2.05, 4.69) is 20.6 Å². The minimum Gasteiger partial charge on any atom is -0.391 e.